The molecule has 0 amide bonds. The Morgan fingerprint density at radius 3 is 2.67 bits per heavy atom. The van der Waals surface area contributed by atoms with Crippen molar-refractivity contribution in [3.05, 3.63) is 49.2 Å². The largest absolute Gasteiger partial charge is 0.361 e. The zero-order valence-corrected chi connectivity index (χ0v) is 7.25. The summed E-state index contributed by atoms with van der Waals surface area (Å²) in [6.45, 7) is 5.25. The first-order valence-electron chi connectivity index (χ1n) is 3.97. The van der Waals surface area contributed by atoms with Crippen LogP contribution in [0.5, 0.6) is 0 Å². The van der Waals surface area contributed by atoms with E-state index in [1.807, 2.05) is 25.3 Å². The van der Waals surface area contributed by atoms with Gasteiger partial charge in [-0.25, -0.2) is 0 Å². The molecule has 0 spiro atoms. The number of hydrogen-bond donors (Lipinski definition) is 1. The summed E-state index contributed by atoms with van der Waals surface area (Å²) in [4.78, 5) is 3.12. The quantitative estimate of drug-likeness (QED) is 0.568. The van der Waals surface area contributed by atoms with Crippen molar-refractivity contribution in [2.75, 3.05) is 0 Å². The van der Waals surface area contributed by atoms with Crippen LogP contribution in [0.1, 0.15) is 8.35 Å². The molecular formula is C11H15N. The topological polar surface area (TPSA) is 15.8 Å². The third-order valence-corrected chi connectivity index (χ3v) is 1.46. The van der Waals surface area contributed by atoms with Crippen LogP contribution in [0.3, 0.4) is 0 Å². The van der Waals surface area contributed by atoms with Crippen LogP contribution in [0.25, 0.3) is 10.9 Å². The van der Waals surface area contributed by atoms with Gasteiger partial charge in [-0.1, -0.05) is 24.3 Å². The van der Waals surface area contributed by atoms with Crippen LogP contribution in [0.4, 0.5) is 0 Å². The van der Waals surface area contributed by atoms with Crippen LogP contribution in [-0.4, -0.2) is 4.98 Å². The summed E-state index contributed by atoms with van der Waals surface area (Å²) in [6.07, 6.45) is 3.70. The minimum atomic E-state index is 0. The number of aromatic nitrogens is 1. The van der Waals surface area contributed by atoms with Gasteiger partial charge in [0.25, 0.3) is 0 Å². The van der Waals surface area contributed by atoms with Crippen molar-refractivity contribution in [1.82, 2.24) is 4.98 Å². The Hall–Kier alpha value is -1.50. The summed E-state index contributed by atoms with van der Waals surface area (Å²) in [6, 6.07) is 10.3. The van der Waals surface area contributed by atoms with Crippen molar-refractivity contribution in [2.45, 2.75) is 6.92 Å². The van der Waals surface area contributed by atoms with E-state index in [0.29, 0.717) is 0 Å². The van der Waals surface area contributed by atoms with E-state index in [-0.39, 0.29) is 1.43 Å². The molecule has 0 atom stereocenters. The Bertz CT molecular complexity index is 321. The minimum Gasteiger partial charge on any atom is -0.361 e. The van der Waals surface area contributed by atoms with Crippen LogP contribution in [0.15, 0.2) is 49.2 Å². The molecular weight excluding hydrogens is 146 g/mol. The SMILES string of the molecule is C=CC.[HH].c1ccc2[nH]ccc2c1. The van der Waals surface area contributed by atoms with Gasteiger partial charge in [0.15, 0.2) is 0 Å². The predicted molar refractivity (Wildman–Crippen MR) is 56.3 cm³/mol. The van der Waals surface area contributed by atoms with Crippen molar-refractivity contribution >= 4 is 10.9 Å². The van der Waals surface area contributed by atoms with Gasteiger partial charge in [-0.2, -0.15) is 0 Å². The Labute approximate surface area is 74.2 Å². The van der Waals surface area contributed by atoms with Crippen molar-refractivity contribution < 1.29 is 1.43 Å². The lowest BCUT2D eigenvalue weighted by Crippen LogP contribution is -1.61. The fourth-order valence-corrected chi connectivity index (χ4v) is 0.995. The number of para-hydroxylation sites is 1. The Balaban J connectivity index is 0.000000324. The van der Waals surface area contributed by atoms with E-state index in [4.69, 9.17) is 0 Å². The lowest BCUT2D eigenvalue weighted by Gasteiger charge is -1.83. The van der Waals surface area contributed by atoms with Gasteiger partial charge in [0.2, 0.25) is 0 Å². The molecule has 0 unspecified atom stereocenters. The van der Waals surface area contributed by atoms with E-state index in [1.165, 1.54) is 10.9 Å². The van der Waals surface area contributed by atoms with Gasteiger partial charge in [-0.3, -0.25) is 0 Å². The molecule has 1 aromatic heterocycles. The number of allylic oxidation sites excluding steroid dienone is 1. The molecule has 0 saturated carbocycles. The number of nitrogens with one attached hydrogen (secondary N) is 1. The van der Waals surface area contributed by atoms with Gasteiger partial charge < -0.3 is 4.98 Å². The number of H-pyrrole nitrogens is 1. The zero-order chi connectivity index (χ0) is 8.81. The first-order chi connectivity index (χ1) is 5.88. The molecule has 0 saturated heterocycles. The standard InChI is InChI=1S/C8H7N.C3H6.H2/c1-2-4-8-7(3-1)5-6-9-8;1-3-2;/h1-6,9H;3H,1H2,2H3;1H. The van der Waals surface area contributed by atoms with Gasteiger partial charge in [-0.15, -0.1) is 6.58 Å². The molecule has 12 heavy (non-hydrogen) atoms. The molecule has 64 valence electrons. The molecule has 1 nitrogen and oxygen atoms in total. The summed E-state index contributed by atoms with van der Waals surface area (Å²) < 4.78 is 0. The van der Waals surface area contributed by atoms with Crippen molar-refractivity contribution in [3.63, 3.8) is 0 Å². The summed E-state index contributed by atoms with van der Waals surface area (Å²) in [5.41, 5.74) is 1.21. The van der Waals surface area contributed by atoms with Crippen molar-refractivity contribution in [2.24, 2.45) is 0 Å². The second kappa shape index (κ2) is 4.39. The number of aromatic amines is 1. The van der Waals surface area contributed by atoms with E-state index >= 15 is 0 Å². The third kappa shape index (κ3) is 1.99. The molecule has 0 fully saturated rings. The highest BCUT2D eigenvalue weighted by molar-refractivity contribution is 5.78. The summed E-state index contributed by atoms with van der Waals surface area (Å²) >= 11 is 0. The maximum Gasteiger partial charge on any atom is 0.0453 e. The molecule has 0 aliphatic heterocycles. The van der Waals surface area contributed by atoms with E-state index < -0.39 is 0 Å². The number of fused-ring (bicyclic) bond motifs is 1. The van der Waals surface area contributed by atoms with E-state index in [0.717, 1.165) is 0 Å². The molecule has 0 aliphatic rings. The van der Waals surface area contributed by atoms with Crippen LogP contribution in [-0.2, 0) is 0 Å². The number of rotatable bonds is 0. The van der Waals surface area contributed by atoms with Crippen LogP contribution < -0.4 is 0 Å². The second-order valence-electron chi connectivity index (χ2n) is 2.47. The summed E-state index contributed by atoms with van der Waals surface area (Å²) in [5.74, 6) is 0. The molecule has 0 radical (unpaired) electrons. The fraction of sp³-hybridized carbons (Fsp3) is 0.0909. The first-order valence-corrected chi connectivity index (χ1v) is 3.97. The van der Waals surface area contributed by atoms with Crippen LogP contribution in [0, 0.1) is 0 Å². The molecule has 0 aliphatic carbocycles. The van der Waals surface area contributed by atoms with Crippen molar-refractivity contribution in [3.8, 4) is 0 Å². The fourth-order valence-electron chi connectivity index (χ4n) is 0.995. The lowest BCUT2D eigenvalue weighted by atomic mass is 10.3. The average Bonchev–Trinajstić information content (AvgIpc) is 2.52. The number of hydrogen-bond acceptors (Lipinski definition) is 0. The molecule has 1 aromatic carbocycles. The molecule has 2 aromatic rings. The lowest BCUT2D eigenvalue weighted by molar-refractivity contribution is 1.48. The normalized spacial score (nSPS) is 8.75. The summed E-state index contributed by atoms with van der Waals surface area (Å²) in [5, 5.41) is 1.28. The molecule has 0 bridgehead atoms. The van der Waals surface area contributed by atoms with Gasteiger partial charge >= 0.3 is 0 Å². The Morgan fingerprint density at radius 2 is 2.00 bits per heavy atom. The second-order valence-corrected chi connectivity index (χ2v) is 2.47. The monoisotopic (exact) mass is 161 g/mol. The van der Waals surface area contributed by atoms with Gasteiger partial charge in [0.1, 0.15) is 0 Å². The molecule has 2 rings (SSSR count). The Kier molecular flexibility index (Phi) is 3.15. The highest BCUT2D eigenvalue weighted by Gasteiger charge is 1.86. The molecule has 1 heterocycles. The van der Waals surface area contributed by atoms with Gasteiger partial charge in [0.05, 0.1) is 0 Å². The maximum absolute atomic E-state index is 3.36. The zero-order valence-electron chi connectivity index (χ0n) is 7.25. The maximum atomic E-state index is 3.36. The van der Waals surface area contributed by atoms with E-state index in [9.17, 15) is 0 Å². The third-order valence-electron chi connectivity index (χ3n) is 1.46. The van der Waals surface area contributed by atoms with Gasteiger partial charge in [0, 0.05) is 13.1 Å². The van der Waals surface area contributed by atoms with E-state index in [2.05, 4.69) is 29.8 Å². The van der Waals surface area contributed by atoms with Crippen molar-refractivity contribution in [1.29, 1.82) is 0 Å². The number of benzene rings is 1. The first kappa shape index (κ1) is 8.60. The van der Waals surface area contributed by atoms with E-state index in [1.54, 1.807) is 6.08 Å². The summed E-state index contributed by atoms with van der Waals surface area (Å²) in [7, 11) is 0. The predicted octanol–water partition coefficient (Wildman–Crippen LogP) is 3.61. The van der Waals surface area contributed by atoms with Crippen LogP contribution >= 0.6 is 0 Å². The smallest absolute Gasteiger partial charge is 0.0453 e. The molecule has 1 N–H and O–H groups in total. The average molecular weight is 161 g/mol. The molecule has 1 heteroatoms. The Morgan fingerprint density at radius 1 is 1.33 bits per heavy atom. The van der Waals surface area contributed by atoms with Gasteiger partial charge in [-0.05, 0) is 24.4 Å². The minimum absolute atomic E-state index is 0. The highest BCUT2D eigenvalue weighted by atomic mass is 14.6. The van der Waals surface area contributed by atoms with Crippen LogP contribution in [0.2, 0.25) is 0 Å². The highest BCUT2D eigenvalue weighted by Crippen LogP contribution is 2.09.